The number of anilines is 1. The number of benzene rings is 2. The van der Waals surface area contributed by atoms with Gasteiger partial charge in [0.1, 0.15) is 11.6 Å². The fourth-order valence-electron chi connectivity index (χ4n) is 2.09. The molecule has 0 spiro atoms. The summed E-state index contributed by atoms with van der Waals surface area (Å²) in [6.07, 6.45) is 0. The maximum absolute atomic E-state index is 13.7. The molecule has 20 heavy (non-hydrogen) atoms. The number of carbonyl (C=O) groups is 1. The quantitative estimate of drug-likeness (QED) is 0.929. The van der Waals surface area contributed by atoms with Crippen molar-refractivity contribution in [3.8, 4) is 5.75 Å². The highest BCUT2D eigenvalue weighted by molar-refractivity contribution is 6.06. The Labute approximate surface area is 117 Å². The largest absolute Gasteiger partial charge is 0.508 e. The van der Waals surface area contributed by atoms with E-state index in [2.05, 4.69) is 0 Å². The van der Waals surface area contributed by atoms with Crippen molar-refractivity contribution in [2.75, 3.05) is 11.4 Å². The molecule has 0 fully saturated rings. The van der Waals surface area contributed by atoms with Crippen molar-refractivity contribution in [2.45, 2.75) is 13.8 Å². The molecule has 0 saturated carbocycles. The maximum Gasteiger partial charge on any atom is 0.261 e. The van der Waals surface area contributed by atoms with Crippen LogP contribution in [0.3, 0.4) is 0 Å². The number of aromatic hydroxyl groups is 1. The molecule has 2 aromatic carbocycles. The molecule has 2 rings (SSSR count). The van der Waals surface area contributed by atoms with Crippen LogP contribution in [0.25, 0.3) is 0 Å². The van der Waals surface area contributed by atoms with Crippen molar-refractivity contribution in [2.24, 2.45) is 0 Å². The van der Waals surface area contributed by atoms with Crippen molar-refractivity contribution >= 4 is 11.6 Å². The van der Waals surface area contributed by atoms with Crippen LogP contribution >= 0.6 is 0 Å². The minimum Gasteiger partial charge on any atom is -0.508 e. The number of aryl methyl sites for hydroxylation is 1. The molecule has 0 radical (unpaired) electrons. The molecule has 3 nitrogen and oxygen atoms in total. The van der Waals surface area contributed by atoms with Gasteiger partial charge in [0, 0.05) is 12.6 Å². The van der Waals surface area contributed by atoms with Crippen LogP contribution in [0.1, 0.15) is 22.8 Å². The zero-order chi connectivity index (χ0) is 14.7. The summed E-state index contributed by atoms with van der Waals surface area (Å²) in [5.41, 5.74) is 1.45. The van der Waals surface area contributed by atoms with Gasteiger partial charge in [-0.25, -0.2) is 4.39 Å². The molecule has 104 valence electrons. The molecule has 0 bridgehead atoms. The lowest BCUT2D eigenvalue weighted by atomic mass is 10.1. The van der Waals surface area contributed by atoms with E-state index in [1.165, 1.54) is 23.1 Å². The van der Waals surface area contributed by atoms with Gasteiger partial charge in [-0.2, -0.15) is 0 Å². The smallest absolute Gasteiger partial charge is 0.261 e. The molecule has 0 aliphatic carbocycles. The average Bonchev–Trinajstić information content (AvgIpc) is 2.44. The normalized spacial score (nSPS) is 10.3. The van der Waals surface area contributed by atoms with E-state index in [0.717, 1.165) is 5.56 Å². The van der Waals surface area contributed by atoms with Crippen molar-refractivity contribution in [3.05, 3.63) is 59.4 Å². The first kappa shape index (κ1) is 14.1. The number of phenolic OH excluding ortho intramolecular Hbond substituents is 1. The predicted molar refractivity (Wildman–Crippen MR) is 76.6 cm³/mol. The van der Waals surface area contributed by atoms with Gasteiger partial charge in [-0.15, -0.1) is 0 Å². The molecule has 0 atom stereocenters. The molecule has 1 amide bonds. The summed E-state index contributed by atoms with van der Waals surface area (Å²) in [4.78, 5) is 13.9. The summed E-state index contributed by atoms with van der Waals surface area (Å²) in [5.74, 6) is -0.890. The highest BCUT2D eigenvalue weighted by Gasteiger charge is 2.20. The number of hydrogen-bond acceptors (Lipinski definition) is 2. The number of nitrogens with zero attached hydrogens (tertiary/aromatic N) is 1. The minimum atomic E-state index is -0.547. The van der Waals surface area contributed by atoms with Crippen LogP contribution in [0.5, 0.6) is 5.75 Å². The van der Waals surface area contributed by atoms with E-state index in [9.17, 15) is 14.3 Å². The van der Waals surface area contributed by atoms with Crippen LogP contribution in [0.2, 0.25) is 0 Å². The van der Waals surface area contributed by atoms with Gasteiger partial charge < -0.3 is 10.0 Å². The highest BCUT2D eigenvalue weighted by Crippen LogP contribution is 2.26. The second-order valence-corrected chi connectivity index (χ2v) is 4.50. The molecule has 1 N–H and O–H groups in total. The van der Waals surface area contributed by atoms with Gasteiger partial charge in [0.05, 0.1) is 11.3 Å². The Morgan fingerprint density at radius 1 is 1.25 bits per heavy atom. The second-order valence-electron chi connectivity index (χ2n) is 4.50. The van der Waals surface area contributed by atoms with Crippen LogP contribution < -0.4 is 4.90 Å². The van der Waals surface area contributed by atoms with Gasteiger partial charge in [-0.05, 0) is 37.6 Å². The van der Waals surface area contributed by atoms with Gasteiger partial charge in [0.25, 0.3) is 5.91 Å². The van der Waals surface area contributed by atoms with E-state index >= 15 is 0 Å². The zero-order valence-corrected chi connectivity index (χ0v) is 11.4. The molecule has 0 saturated heterocycles. The van der Waals surface area contributed by atoms with Gasteiger partial charge in [-0.1, -0.05) is 18.2 Å². The number of phenols is 1. The monoisotopic (exact) mass is 273 g/mol. The van der Waals surface area contributed by atoms with Gasteiger partial charge in [-0.3, -0.25) is 4.79 Å². The Morgan fingerprint density at radius 2 is 1.95 bits per heavy atom. The van der Waals surface area contributed by atoms with Gasteiger partial charge in [0.15, 0.2) is 0 Å². The van der Waals surface area contributed by atoms with Crippen molar-refractivity contribution in [1.82, 2.24) is 0 Å². The van der Waals surface area contributed by atoms with Crippen LogP contribution in [-0.4, -0.2) is 17.6 Å². The van der Waals surface area contributed by atoms with E-state index in [1.807, 2.05) is 13.8 Å². The second kappa shape index (κ2) is 5.74. The summed E-state index contributed by atoms with van der Waals surface area (Å²) >= 11 is 0. The third kappa shape index (κ3) is 2.64. The van der Waals surface area contributed by atoms with E-state index < -0.39 is 11.7 Å². The third-order valence-corrected chi connectivity index (χ3v) is 3.15. The van der Waals surface area contributed by atoms with Crippen molar-refractivity contribution < 1.29 is 14.3 Å². The number of carbonyl (C=O) groups excluding carboxylic acids is 1. The third-order valence-electron chi connectivity index (χ3n) is 3.15. The van der Waals surface area contributed by atoms with E-state index in [-0.39, 0.29) is 11.3 Å². The zero-order valence-electron chi connectivity index (χ0n) is 11.4. The Bertz CT molecular complexity index is 640. The summed E-state index contributed by atoms with van der Waals surface area (Å²) < 4.78 is 13.7. The SMILES string of the molecule is CCN(C(=O)c1ccccc1F)c1cc(O)ccc1C. The van der Waals surface area contributed by atoms with Gasteiger partial charge >= 0.3 is 0 Å². The molecular weight excluding hydrogens is 257 g/mol. The molecule has 0 unspecified atom stereocenters. The minimum absolute atomic E-state index is 0.0251. The topological polar surface area (TPSA) is 40.5 Å². The average molecular weight is 273 g/mol. The molecule has 0 aliphatic rings. The van der Waals surface area contributed by atoms with E-state index in [4.69, 9.17) is 0 Å². The number of amides is 1. The lowest BCUT2D eigenvalue weighted by Crippen LogP contribution is -2.31. The standard InChI is InChI=1S/C16H16FNO2/c1-3-18(15-10-12(19)9-8-11(15)2)16(20)13-6-4-5-7-14(13)17/h4-10,19H,3H2,1-2H3. The van der Waals surface area contributed by atoms with Crippen molar-refractivity contribution in [1.29, 1.82) is 0 Å². The first-order valence-electron chi connectivity index (χ1n) is 6.40. The lowest BCUT2D eigenvalue weighted by Gasteiger charge is -2.23. The number of hydrogen-bond donors (Lipinski definition) is 1. The molecule has 0 aromatic heterocycles. The van der Waals surface area contributed by atoms with Gasteiger partial charge in [0.2, 0.25) is 0 Å². The molecule has 0 aliphatic heterocycles. The Kier molecular flexibility index (Phi) is 4.03. The molecule has 4 heteroatoms. The highest BCUT2D eigenvalue weighted by atomic mass is 19.1. The Balaban J connectivity index is 2.45. The number of halogens is 1. The molecule has 0 heterocycles. The summed E-state index contributed by atoms with van der Waals surface area (Å²) in [6.45, 7) is 4.03. The fourth-order valence-corrected chi connectivity index (χ4v) is 2.09. The summed E-state index contributed by atoms with van der Waals surface area (Å²) in [6, 6.07) is 10.7. The number of rotatable bonds is 3. The Morgan fingerprint density at radius 3 is 2.60 bits per heavy atom. The van der Waals surface area contributed by atoms with Crippen LogP contribution in [-0.2, 0) is 0 Å². The van der Waals surface area contributed by atoms with Crippen LogP contribution in [0.4, 0.5) is 10.1 Å². The lowest BCUT2D eigenvalue weighted by molar-refractivity contribution is 0.0984. The molecule has 2 aromatic rings. The van der Waals surface area contributed by atoms with Crippen molar-refractivity contribution in [3.63, 3.8) is 0 Å². The first-order chi connectivity index (χ1) is 9.54. The maximum atomic E-state index is 13.7. The Hall–Kier alpha value is -2.36. The summed E-state index contributed by atoms with van der Waals surface area (Å²) in [5, 5.41) is 9.58. The van der Waals surface area contributed by atoms with E-state index in [0.29, 0.717) is 12.2 Å². The molecular formula is C16H16FNO2. The van der Waals surface area contributed by atoms with Crippen LogP contribution in [0, 0.1) is 12.7 Å². The summed E-state index contributed by atoms with van der Waals surface area (Å²) in [7, 11) is 0. The predicted octanol–water partition coefficient (Wildman–Crippen LogP) is 3.51. The van der Waals surface area contributed by atoms with Crippen LogP contribution in [0.15, 0.2) is 42.5 Å². The fraction of sp³-hybridized carbons (Fsp3) is 0.188. The first-order valence-corrected chi connectivity index (χ1v) is 6.40. The van der Waals surface area contributed by atoms with E-state index in [1.54, 1.807) is 24.3 Å².